The van der Waals surface area contributed by atoms with Crippen LogP contribution in [0.4, 0.5) is 0 Å². The van der Waals surface area contributed by atoms with Crippen LogP contribution in [0.2, 0.25) is 0 Å². The van der Waals surface area contributed by atoms with E-state index in [1.54, 1.807) is 0 Å². The third kappa shape index (κ3) is 1.05. The molecule has 0 spiro atoms. The topological polar surface area (TPSA) is 72.3 Å². The minimum Gasteiger partial charge on any atom is -0.254 e. The molecule has 2 rings (SSSR count). The van der Waals surface area contributed by atoms with E-state index < -0.39 is 0 Å². The molecule has 0 aromatic carbocycles. The van der Waals surface area contributed by atoms with Crippen molar-refractivity contribution in [2.45, 2.75) is 6.42 Å². The maximum Gasteiger partial charge on any atom is 0.122 e. The number of aliphatic imine (C=N–C) groups is 2. The van der Waals surface area contributed by atoms with E-state index in [-0.39, 0.29) is 0 Å². The van der Waals surface area contributed by atoms with Crippen molar-refractivity contribution in [1.82, 2.24) is 0 Å². The fourth-order valence-corrected chi connectivity index (χ4v) is 1.24. The molecule has 0 atom stereocenters. The van der Waals surface area contributed by atoms with Gasteiger partial charge in [-0.2, -0.15) is 10.5 Å². The molecule has 2 aliphatic heterocycles. The van der Waals surface area contributed by atoms with Gasteiger partial charge in [-0.15, -0.1) is 0 Å². The van der Waals surface area contributed by atoms with Crippen LogP contribution in [0.25, 0.3) is 0 Å². The molecule has 2 heterocycles. The number of allylic oxidation sites excluding steroid dienone is 2. The smallest absolute Gasteiger partial charge is 0.122 e. The summed E-state index contributed by atoms with van der Waals surface area (Å²) in [6, 6.07) is 4.00. The minimum atomic E-state index is 0.422. The first-order chi connectivity index (χ1) is 6.35. The molecule has 60 valence electrons. The molecule has 0 aromatic heterocycles. The van der Waals surface area contributed by atoms with Gasteiger partial charge in [-0.25, -0.2) is 4.99 Å². The van der Waals surface area contributed by atoms with Crippen molar-refractivity contribution in [2.24, 2.45) is 9.98 Å². The Morgan fingerprint density at radius 3 is 2.85 bits per heavy atom. The summed E-state index contributed by atoms with van der Waals surface area (Å²) in [6.45, 7) is 0. The first kappa shape index (κ1) is 7.45. The van der Waals surface area contributed by atoms with Crippen molar-refractivity contribution >= 4 is 11.9 Å². The van der Waals surface area contributed by atoms with Gasteiger partial charge < -0.3 is 0 Å². The molecule has 0 saturated carbocycles. The number of hydrogen-bond acceptors (Lipinski definition) is 4. The summed E-state index contributed by atoms with van der Waals surface area (Å²) < 4.78 is 0. The lowest BCUT2D eigenvalue weighted by atomic mass is 10.0. The lowest BCUT2D eigenvalue weighted by Gasteiger charge is -2.06. The van der Waals surface area contributed by atoms with Gasteiger partial charge in [0.15, 0.2) is 0 Å². The minimum absolute atomic E-state index is 0.422. The van der Waals surface area contributed by atoms with Crippen molar-refractivity contribution in [3.8, 4) is 12.1 Å². The third-order valence-electron chi connectivity index (χ3n) is 1.90. The molecule has 4 nitrogen and oxygen atoms in total. The summed E-state index contributed by atoms with van der Waals surface area (Å²) in [4.78, 5) is 7.90. The van der Waals surface area contributed by atoms with E-state index >= 15 is 0 Å². The third-order valence-corrected chi connectivity index (χ3v) is 1.90. The number of nitriles is 2. The van der Waals surface area contributed by atoms with Gasteiger partial charge in [0, 0.05) is 18.2 Å². The van der Waals surface area contributed by atoms with Crippen molar-refractivity contribution in [1.29, 1.82) is 10.5 Å². The van der Waals surface area contributed by atoms with Gasteiger partial charge in [-0.05, 0) is 0 Å². The predicted molar refractivity (Wildman–Crippen MR) is 46.9 cm³/mol. The van der Waals surface area contributed by atoms with E-state index in [1.807, 2.05) is 12.1 Å². The Hall–Kier alpha value is -2.20. The molecule has 0 bridgehead atoms. The molecule has 13 heavy (non-hydrogen) atoms. The van der Waals surface area contributed by atoms with Crippen LogP contribution in [0.1, 0.15) is 6.42 Å². The Balaban J connectivity index is 2.48. The Labute approximate surface area is 74.8 Å². The Morgan fingerprint density at radius 1 is 1.31 bits per heavy atom. The summed E-state index contributed by atoms with van der Waals surface area (Å²) in [7, 11) is 0. The molecule has 0 N–H and O–H groups in total. The van der Waals surface area contributed by atoms with Crippen LogP contribution in [0.15, 0.2) is 33.0 Å². The van der Waals surface area contributed by atoms with Crippen molar-refractivity contribution in [3.05, 3.63) is 23.0 Å². The van der Waals surface area contributed by atoms with E-state index in [9.17, 15) is 0 Å². The first-order valence-corrected chi connectivity index (χ1v) is 3.70. The highest BCUT2D eigenvalue weighted by Crippen LogP contribution is 2.27. The zero-order valence-corrected chi connectivity index (χ0v) is 6.65. The molecule has 0 radical (unpaired) electrons. The van der Waals surface area contributed by atoms with Gasteiger partial charge in [0.1, 0.15) is 17.9 Å². The van der Waals surface area contributed by atoms with Gasteiger partial charge in [-0.3, -0.25) is 4.99 Å². The van der Waals surface area contributed by atoms with Crippen molar-refractivity contribution in [3.63, 3.8) is 0 Å². The second kappa shape index (κ2) is 2.69. The number of fused-ring (bicyclic) bond motifs is 1. The van der Waals surface area contributed by atoms with E-state index in [4.69, 9.17) is 10.5 Å². The Morgan fingerprint density at radius 2 is 2.15 bits per heavy atom. The standard InChI is InChI=1S/C9H4N4/c10-2-6-4-13-9-5-12-7(3-11)1-8(6)9/h4-5H,1H2. The average Bonchev–Trinajstić information content (AvgIpc) is 2.59. The maximum atomic E-state index is 8.71. The molecule has 4 heteroatoms. The SMILES string of the molecule is N#CC1=NC=C2N=CC(C#N)=C2C1. The normalized spacial score (nSPS) is 18.6. The van der Waals surface area contributed by atoms with Crippen LogP contribution >= 0.6 is 0 Å². The summed E-state index contributed by atoms with van der Waals surface area (Å²) >= 11 is 0. The molecule has 0 saturated heterocycles. The molecular formula is C9H4N4. The molecule has 0 aliphatic carbocycles. The van der Waals surface area contributed by atoms with E-state index in [2.05, 4.69) is 9.98 Å². The molecule has 0 fully saturated rings. The summed E-state index contributed by atoms with van der Waals surface area (Å²) in [5, 5.41) is 17.3. The second-order valence-electron chi connectivity index (χ2n) is 2.64. The highest BCUT2D eigenvalue weighted by atomic mass is 14.8. The Bertz CT molecular complexity index is 463. The number of nitrogens with zero attached hydrogens (tertiary/aromatic N) is 4. The van der Waals surface area contributed by atoms with E-state index in [0.29, 0.717) is 23.4 Å². The van der Waals surface area contributed by atoms with Crippen LogP contribution < -0.4 is 0 Å². The lowest BCUT2D eigenvalue weighted by molar-refractivity contribution is 1.18. The maximum absolute atomic E-state index is 8.71. The Kier molecular flexibility index (Phi) is 1.54. The summed E-state index contributed by atoms with van der Waals surface area (Å²) in [5.74, 6) is 0. The van der Waals surface area contributed by atoms with Crippen LogP contribution in [0.3, 0.4) is 0 Å². The molecule has 0 aromatic rings. The average molecular weight is 168 g/mol. The second-order valence-corrected chi connectivity index (χ2v) is 2.64. The molecule has 0 unspecified atom stereocenters. The van der Waals surface area contributed by atoms with Crippen molar-refractivity contribution in [2.75, 3.05) is 0 Å². The quantitative estimate of drug-likeness (QED) is 0.543. The summed E-state index contributed by atoms with van der Waals surface area (Å²) in [5.41, 5.74) is 2.48. The highest BCUT2D eigenvalue weighted by molar-refractivity contribution is 6.04. The zero-order chi connectivity index (χ0) is 9.26. The van der Waals surface area contributed by atoms with Gasteiger partial charge >= 0.3 is 0 Å². The number of hydrogen-bond donors (Lipinski definition) is 0. The molecule has 0 amide bonds. The fraction of sp³-hybridized carbons (Fsp3) is 0.111. The highest BCUT2D eigenvalue weighted by Gasteiger charge is 2.20. The zero-order valence-electron chi connectivity index (χ0n) is 6.65. The number of rotatable bonds is 0. The van der Waals surface area contributed by atoms with Gasteiger partial charge in [-0.1, -0.05) is 0 Å². The van der Waals surface area contributed by atoms with Crippen LogP contribution in [-0.4, -0.2) is 11.9 Å². The fourth-order valence-electron chi connectivity index (χ4n) is 1.24. The summed E-state index contributed by atoms with van der Waals surface area (Å²) in [6.07, 6.45) is 3.46. The molecule has 2 aliphatic rings. The van der Waals surface area contributed by atoms with E-state index in [1.165, 1.54) is 12.4 Å². The van der Waals surface area contributed by atoms with Crippen LogP contribution in [-0.2, 0) is 0 Å². The van der Waals surface area contributed by atoms with Gasteiger partial charge in [0.2, 0.25) is 0 Å². The van der Waals surface area contributed by atoms with Gasteiger partial charge in [0.05, 0.1) is 17.5 Å². The largest absolute Gasteiger partial charge is 0.254 e. The van der Waals surface area contributed by atoms with E-state index in [0.717, 1.165) is 5.57 Å². The predicted octanol–water partition coefficient (Wildman–Crippen LogP) is 1.10. The van der Waals surface area contributed by atoms with Crippen LogP contribution in [0.5, 0.6) is 0 Å². The first-order valence-electron chi connectivity index (χ1n) is 3.70. The molecular weight excluding hydrogens is 164 g/mol. The van der Waals surface area contributed by atoms with Crippen LogP contribution in [0, 0.1) is 22.7 Å². The lowest BCUT2D eigenvalue weighted by Crippen LogP contribution is -2.02. The van der Waals surface area contributed by atoms with Gasteiger partial charge in [0.25, 0.3) is 0 Å². The van der Waals surface area contributed by atoms with Crippen molar-refractivity contribution < 1.29 is 0 Å². The monoisotopic (exact) mass is 168 g/mol.